The Morgan fingerprint density at radius 3 is 2.72 bits per heavy atom. The summed E-state index contributed by atoms with van der Waals surface area (Å²) in [5.74, 6) is 0.641. The number of thiazole rings is 1. The van der Waals surface area contributed by atoms with E-state index in [0.29, 0.717) is 34.2 Å². The maximum atomic E-state index is 12.3. The van der Waals surface area contributed by atoms with Gasteiger partial charge in [0.05, 0.1) is 28.9 Å². The number of amides is 1. The minimum atomic E-state index is -0.472. The van der Waals surface area contributed by atoms with Crippen molar-refractivity contribution in [3.63, 3.8) is 0 Å². The van der Waals surface area contributed by atoms with Crippen LogP contribution in [0.25, 0.3) is 10.2 Å². The first-order valence-electron chi connectivity index (χ1n) is 8.63. The van der Waals surface area contributed by atoms with Crippen molar-refractivity contribution < 1.29 is 23.9 Å². The Balaban J connectivity index is 1.88. The fourth-order valence-electron chi connectivity index (χ4n) is 2.63. The fourth-order valence-corrected chi connectivity index (χ4v) is 3.74. The van der Waals surface area contributed by atoms with Gasteiger partial charge in [0, 0.05) is 31.9 Å². The molecule has 0 spiro atoms. The van der Waals surface area contributed by atoms with Gasteiger partial charge in [-0.25, -0.2) is 0 Å². The summed E-state index contributed by atoms with van der Waals surface area (Å²) in [6.07, 6.45) is 0. The van der Waals surface area contributed by atoms with Crippen molar-refractivity contribution in [2.75, 3.05) is 27.4 Å². The van der Waals surface area contributed by atoms with E-state index in [0.717, 1.165) is 5.52 Å². The number of carbonyl (C=O) groups is 1. The Morgan fingerprint density at radius 1 is 1.21 bits per heavy atom. The van der Waals surface area contributed by atoms with Crippen LogP contribution in [0.4, 0.5) is 5.69 Å². The fraction of sp³-hybridized carbons (Fsp3) is 0.263. The molecule has 1 amide bonds. The molecule has 0 saturated heterocycles. The summed E-state index contributed by atoms with van der Waals surface area (Å²) in [4.78, 5) is 27.5. The number of aromatic nitrogens is 1. The third-order valence-electron chi connectivity index (χ3n) is 4.02. The van der Waals surface area contributed by atoms with Crippen LogP contribution in [0.15, 0.2) is 47.5 Å². The maximum Gasteiger partial charge on any atom is 0.286 e. The van der Waals surface area contributed by atoms with E-state index >= 15 is 0 Å². The number of benzene rings is 2. The molecule has 0 bridgehead atoms. The number of methoxy groups -OCH3 is 2. The van der Waals surface area contributed by atoms with E-state index in [1.165, 1.54) is 23.5 Å². The zero-order chi connectivity index (χ0) is 20.8. The van der Waals surface area contributed by atoms with Gasteiger partial charge in [-0.15, -0.1) is 0 Å². The Labute approximate surface area is 169 Å². The molecule has 0 aliphatic carbocycles. The average Bonchev–Trinajstić information content (AvgIpc) is 3.06. The van der Waals surface area contributed by atoms with Crippen LogP contribution in [0.5, 0.6) is 11.5 Å². The Kier molecular flexibility index (Phi) is 6.57. The summed E-state index contributed by atoms with van der Waals surface area (Å²) in [7, 11) is 3.12. The Morgan fingerprint density at radius 2 is 2.00 bits per heavy atom. The second-order valence-electron chi connectivity index (χ2n) is 5.91. The second-order valence-corrected chi connectivity index (χ2v) is 6.92. The topological polar surface area (TPSA) is 105 Å². The lowest BCUT2D eigenvalue weighted by atomic mass is 10.3. The molecule has 10 heteroatoms. The van der Waals surface area contributed by atoms with E-state index in [1.807, 2.05) is 0 Å². The third kappa shape index (κ3) is 4.98. The molecule has 0 unspecified atom stereocenters. The van der Waals surface area contributed by atoms with Gasteiger partial charge in [-0.05, 0) is 18.2 Å². The Hall–Kier alpha value is -3.24. The molecule has 0 N–H and O–H groups in total. The van der Waals surface area contributed by atoms with Gasteiger partial charge in [0.25, 0.3) is 11.6 Å². The molecule has 0 radical (unpaired) electrons. The highest BCUT2D eigenvalue weighted by Crippen LogP contribution is 2.23. The zero-order valence-electron chi connectivity index (χ0n) is 15.9. The summed E-state index contributed by atoms with van der Waals surface area (Å²) >= 11 is 1.20. The van der Waals surface area contributed by atoms with Crippen molar-refractivity contribution >= 4 is 33.1 Å². The minimum Gasteiger partial charge on any atom is -0.497 e. The highest BCUT2D eigenvalue weighted by atomic mass is 32.1. The van der Waals surface area contributed by atoms with Gasteiger partial charge >= 0.3 is 0 Å². The molecule has 1 aromatic heterocycles. The number of ether oxygens (including phenoxy) is 3. The molecule has 3 aromatic rings. The molecule has 9 nitrogen and oxygen atoms in total. The normalized spacial score (nSPS) is 11.6. The van der Waals surface area contributed by atoms with Crippen molar-refractivity contribution in [2.45, 2.75) is 6.54 Å². The monoisotopic (exact) mass is 417 g/mol. The molecule has 0 atom stereocenters. The van der Waals surface area contributed by atoms with Gasteiger partial charge in [0.1, 0.15) is 11.5 Å². The first-order chi connectivity index (χ1) is 14.0. The predicted octanol–water partition coefficient (Wildman–Crippen LogP) is 2.77. The van der Waals surface area contributed by atoms with Gasteiger partial charge in [0.15, 0.2) is 11.4 Å². The van der Waals surface area contributed by atoms with Crippen molar-refractivity contribution in [1.29, 1.82) is 0 Å². The maximum absolute atomic E-state index is 12.3. The van der Waals surface area contributed by atoms with Crippen LogP contribution in [0.1, 0.15) is 0 Å². The first-order valence-corrected chi connectivity index (χ1v) is 9.44. The lowest BCUT2D eigenvalue weighted by Gasteiger charge is -2.06. The van der Waals surface area contributed by atoms with E-state index in [2.05, 4.69) is 4.99 Å². The molecule has 3 rings (SSSR count). The first kappa shape index (κ1) is 20.5. The smallest absolute Gasteiger partial charge is 0.286 e. The van der Waals surface area contributed by atoms with Crippen LogP contribution >= 0.6 is 11.3 Å². The second kappa shape index (κ2) is 9.30. The molecular weight excluding hydrogens is 398 g/mol. The van der Waals surface area contributed by atoms with Crippen molar-refractivity contribution in [1.82, 2.24) is 4.57 Å². The number of carbonyl (C=O) groups excluding carboxylic acids is 1. The van der Waals surface area contributed by atoms with Crippen molar-refractivity contribution in [3.8, 4) is 11.5 Å². The number of rotatable bonds is 8. The van der Waals surface area contributed by atoms with Gasteiger partial charge < -0.3 is 18.8 Å². The summed E-state index contributed by atoms with van der Waals surface area (Å²) in [5, 5.41) is 11.0. The lowest BCUT2D eigenvalue weighted by Crippen LogP contribution is -2.21. The van der Waals surface area contributed by atoms with E-state index in [-0.39, 0.29) is 12.3 Å². The van der Waals surface area contributed by atoms with Crippen LogP contribution in [0.2, 0.25) is 0 Å². The number of fused-ring (bicyclic) bond motifs is 1. The number of nitro benzene ring substituents is 1. The van der Waals surface area contributed by atoms with Crippen LogP contribution in [0, 0.1) is 10.1 Å². The average molecular weight is 417 g/mol. The van der Waals surface area contributed by atoms with E-state index in [1.54, 1.807) is 49.1 Å². The quantitative estimate of drug-likeness (QED) is 0.412. The molecule has 0 aliphatic heterocycles. The minimum absolute atomic E-state index is 0.0168. The highest BCUT2D eigenvalue weighted by Gasteiger charge is 2.13. The predicted molar refractivity (Wildman–Crippen MR) is 107 cm³/mol. The summed E-state index contributed by atoms with van der Waals surface area (Å²) < 4.78 is 18.2. The molecule has 0 aliphatic rings. The molecule has 0 fully saturated rings. The number of hydrogen-bond acceptors (Lipinski definition) is 7. The van der Waals surface area contributed by atoms with Crippen LogP contribution in [-0.4, -0.2) is 42.8 Å². The number of hydrogen-bond donors (Lipinski definition) is 0. The molecule has 1 heterocycles. The lowest BCUT2D eigenvalue weighted by molar-refractivity contribution is -0.384. The van der Waals surface area contributed by atoms with E-state index in [4.69, 9.17) is 14.2 Å². The van der Waals surface area contributed by atoms with Crippen LogP contribution in [0.3, 0.4) is 0 Å². The van der Waals surface area contributed by atoms with Crippen LogP contribution in [-0.2, 0) is 16.1 Å². The summed E-state index contributed by atoms with van der Waals surface area (Å²) in [5.41, 5.74) is 0.731. The van der Waals surface area contributed by atoms with E-state index < -0.39 is 10.8 Å². The number of non-ortho nitro benzene ring substituents is 1. The molecule has 152 valence electrons. The summed E-state index contributed by atoms with van der Waals surface area (Å²) in [6, 6.07) is 11.5. The van der Waals surface area contributed by atoms with Crippen LogP contribution < -0.4 is 14.3 Å². The van der Waals surface area contributed by atoms with Crippen molar-refractivity contribution in [3.05, 3.63) is 57.4 Å². The van der Waals surface area contributed by atoms with Gasteiger partial charge in [0.2, 0.25) is 0 Å². The van der Waals surface area contributed by atoms with Gasteiger partial charge in [-0.2, -0.15) is 4.99 Å². The molecular formula is C19H19N3O6S. The summed E-state index contributed by atoms with van der Waals surface area (Å²) in [6.45, 7) is 0.619. The number of nitro groups is 1. The van der Waals surface area contributed by atoms with Gasteiger partial charge in [-0.1, -0.05) is 17.4 Å². The largest absolute Gasteiger partial charge is 0.497 e. The highest BCUT2D eigenvalue weighted by molar-refractivity contribution is 7.16. The molecule has 29 heavy (non-hydrogen) atoms. The van der Waals surface area contributed by atoms with Crippen molar-refractivity contribution in [2.24, 2.45) is 4.99 Å². The molecule has 0 saturated carbocycles. The van der Waals surface area contributed by atoms with Gasteiger partial charge in [-0.3, -0.25) is 14.9 Å². The molecule has 2 aromatic carbocycles. The third-order valence-corrected chi connectivity index (χ3v) is 5.06. The van der Waals surface area contributed by atoms with E-state index in [9.17, 15) is 14.9 Å². The number of nitrogens with zero attached hydrogens (tertiary/aromatic N) is 3. The standard InChI is InChI=1S/C19H19N3O6S/c1-26-9-8-21-16-7-6-13(22(24)25)10-17(16)29-19(21)20-18(23)12-28-15-5-3-4-14(11-15)27-2/h3-7,10-11H,8-9,12H2,1-2H3. The SMILES string of the molecule is COCCn1c(=NC(=O)COc2cccc(OC)c2)sc2cc([N+](=O)[O-])ccc21. The Bertz CT molecular complexity index is 1100. The zero-order valence-corrected chi connectivity index (χ0v) is 16.7.